The maximum absolute atomic E-state index is 12.2. The number of methoxy groups -OCH3 is 2. The summed E-state index contributed by atoms with van der Waals surface area (Å²) in [5.41, 5.74) is 8.51. The van der Waals surface area contributed by atoms with Crippen molar-refractivity contribution < 1.29 is 19.4 Å². The Labute approximate surface area is 177 Å². The third-order valence-corrected chi connectivity index (χ3v) is 6.39. The Bertz CT molecular complexity index is 892. The van der Waals surface area contributed by atoms with Crippen LogP contribution in [0.3, 0.4) is 0 Å². The second-order valence-electron chi connectivity index (χ2n) is 7.38. The van der Waals surface area contributed by atoms with Gasteiger partial charge in [0.2, 0.25) is 0 Å². The summed E-state index contributed by atoms with van der Waals surface area (Å²) in [5.74, 6) is -0.0380. The Morgan fingerprint density at radius 2 is 1.86 bits per heavy atom. The number of ether oxygens (including phenoxy) is 2. The first kappa shape index (κ1) is 20.2. The van der Waals surface area contributed by atoms with E-state index in [1.54, 1.807) is 14.2 Å². The number of nitrogens with one attached hydrogen (secondary N) is 3. The van der Waals surface area contributed by atoms with Crippen molar-refractivity contribution in [3.05, 3.63) is 58.1 Å². The van der Waals surface area contributed by atoms with Crippen molar-refractivity contribution in [3.8, 4) is 11.5 Å². The van der Waals surface area contributed by atoms with Gasteiger partial charge in [0.15, 0.2) is 0 Å². The number of benzene rings is 2. The SMILES string of the molecule is COc1ccc(OC)c(C2CC(C(=O)O)C3C(NNC3c3ccc(Br)cc3)N2)c1. The Morgan fingerprint density at radius 3 is 2.52 bits per heavy atom. The second-order valence-corrected chi connectivity index (χ2v) is 8.30. The maximum Gasteiger partial charge on any atom is 0.307 e. The van der Waals surface area contributed by atoms with E-state index in [1.165, 1.54) is 0 Å². The summed E-state index contributed by atoms with van der Waals surface area (Å²) >= 11 is 3.45. The van der Waals surface area contributed by atoms with Gasteiger partial charge in [0.05, 0.1) is 32.3 Å². The number of carboxylic acids is 1. The highest BCUT2D eigenvalue weighted by molar-refractivity contribution is 9.10. The summed E-state index contributed by atoms with van der Waals surface area (Å²) in [5, 5.41) is 13.6. The van der Waals surface area contributed by atoms with Crippen LogP contribution in [0.25, 0.3) is 0 Å². The third kappa shape index (κ3) is 3.85. The Morgan fingerprint density at radius 1 is 1.10 bits per heavy atom. The quantitative estimate of drug-likeness (QED) is 0.543. The average molecular weight is 462 g/mol. The van der Waals surface area contributed by atoms with Gasteiger partial charge < -0.3 is 14.6 Å². The van der Waals surface area contributed by atoms with Gasteiger partial charge >= 0.3 is 5.97 Å². The fourth-order valence-corrected chi connectivity index (χ4v) is 4.71. The van der Waals surface area contributed by atoms with Gasteiger partial charge in [-0.15, -0.1) is 0 Å². The molecule has 2 aliphatic heterocycles. The molecule has 5 atom stereocenters. The number of hydrogen-bond acceptors (Lipinski definition) is 6. The summed E-state index contributed by atoms with van der Waals surface area (Å²) in [7, 11) is 3.23. The van der Waals surface area contributed by atoms with Gasteiger partial charge in [0, 0.05) is 22.0 Å². The molecule has 8 heteroatoms. The third-order valence-electron chi connectivity index (χ3n) is 5.86. The van der Waals surface area contributed by atoms with E-state index in [1.807, 2.05) is 42.5 Å². The summed E-state index contributed by atoms with van der Waals surface area (Å²) in [4.78, 5) is 12.2. The molecule has 2 aromatic rings. The fourth-order valence-electron chi connectivity index (χ4n) is 4.45. The highest BCUT2D eigenvalue weighted by Gasteiger charge is 2.49. The van der Waals surface area contributed by atoms with Crippen molar-refractivity contribution in [2.45, 2.75) is 24.7 Å². The molecule has 0 bridgehead atoms. The molecule has 0 amide bonds. The van der Waals surface area contributed by atoms with Crippen molar-refractivity contribution in [3.63, 3.8) is 0 Å². The molecule has 154 valence electrons. The Kier molecular flexibility index (Phi) is 5.78. The first-order valence-electron chi connectivity index (χ1n) is 9.49. The van der Waals surface area contributed by atoms with Crippen LogP contribution in [-0.4, -0.2) is 31.5 Å². The number of aliphatic carboxylic acids is 1. The van der Waals surface area contributed by atoms with Crippen LogP contribution >= 0.6 is 15.9 Å². The number of fused-ring (bicyclic) bond motifs is 1. The molecule has 2 heterocycles. The van der Waals surface area contributed by atoms with Crippen LogP contribution < -0.4 is 25.6 Å². The summed E-state index contributed by atoms with van der Waals surface area (Å²) in [6.07, 6.45) is 0.260. The van der Waals surface area contributed by atoms with Crippen molar-refractivity contribution in [2.75, 3.05) is 14.2 Å². The predicted molar refractivity (Wildman–Crippen MR) is 112 cm³/mol. The average Bonchev–Trinajstić information content (AvgIpc) is 3.17. The van der Waals surface area contributed by atoms with E-state index in [0.29, 0.717) is 17.9 Å². The fraction of sp³-hybridized carbons (Fsp3) is 0.381. The van der Waals surface area contributed by atoms with E-state index in [4.69, 9.17) is 9.47 Å². The number of halogens is 1. The minimum atomic E-state index is -0.791. The van der Waals surface area contributed by atoms with E-state index >= 15 is 0 Å². The highest BCUT2D eigenvalue weighted by atomic mass is 79.9. The monoisotopic (exact) mass is 461 g/mol. The minimum Gasteiger partial charge on any atom is -0.497 e. The van der Waals surface area contributed by atoms with Crippen LogP contribution in [0.1, 0.15) is 29.6 Å². The van der Waals surface area contributed by atoms with Crippen LogP contribution in [0.15, 0.2) is 46.9 Å². The molecule has 2 aliphatic rings. The molecule has 0 radical (unpaired) electrons. The topological polar surface area (TPSA) is 91.9 Å². The molecule has 4 N–H and O–H groups in total. The lowest BCUT2D eigenvalue weighted by atomic mass is 9.74. The molecule has 0 saturated carbocycles. The highest BCUT2D eigenvalue weighted by Crippen LogP contribution is 2.44. The number of piperidine rings is 1. The lowest BCUT2D eigenvalue weighted by molar-refractivity contribution is -0.146. The summed E-state index contributed by atoms with van der Waals surface area (Å²) in [6, 6.07) is 13.3. The van der Waals surface area contributed by atoms with Gasteiger partial charge in [-0.3, -0.25) is 10.1 Å². The predicted octanol–water partition coefficient (Wildman–Crippen LogP) is 2.99. The largest absolute Gasteiger partial charge is 0.497 e. The van der Waals surface area contributed by atoms with Crippen LogP contribution in [-0.2, 0) is 4.79 Å². The minimum absolute atomic E-state index is 0.102. The van der Waals surface area contributed by atoms with E-state index in [-0.39, 0.29) is 24.2 Å². The van der Waals surface area contributed by atoms with Crippen LogP contribution in [0.2, 0.25) is 0 Å². The number of carboxylic acid groups (broad SMARTS) is 1. The molecule has 4 rings (SSSR count). The lowest BCUT2D eigenvalue weighted by Gasteiger charge is -2.39. The Hall–Kier alpha value is -2.13. The molecule has 5 unspecified atom stereocenters. The standard InChI is InChI=1S/C21H24BrN3O4/c1-28-13-7-8-17(29-2)14(9-13)16-10-15(21(26)27)18-19(24-25-20(18)23-16)11-3-5-12(22)6-4-11/h3-9,15-16,18-20,23-25H,10H2,1-2H3,(H,26,27). The lowest BCUT2D eigenvalue weighted by Crippen LogP contribution is -2.53. The van der Waals surface area contributed by atoms with E-state index in [0.717, 1.165) is 15.6 Å². The van der Waals surface area contributed by atoms with Gasteiger partial charge in [0.1, 0.15) is 11.5 Å². The second kappa shape index (κ2) is 8.31. The van der Waals surface area contributed by atoms with Gasteiger partial charge in [-0.05, 0) is 42.3 Å². The van der Waals surface area contributed by atoms with Crippen LogP contribution in [0.5, 0.6) is 11.5 Å². The first-order valence-corrected chi connectivity index (χ1v) is 10.3. The number of carbonyl (C=O) groups is 1. The summed E-state index contributed by atoms with van der Waals surface area (Å²) in [6.45, 7) is 0. The molecule has 0 spiro atoms. The number of hydrogen-bond donors (Lipinski definition) is 4. The van der Waals surface area contributed by atoms with Crippen molar-refractivity contribution >= 4 is 21.9 Å². The normalized spacial score (nSPS) is 28.6. The number of hydrazine groups is 1. The van der Waals surface area contributed by atoms with Gasteiger partial charge in [-0.2, -0.15) is 0 Å². The van der Waals surface area contributed by atoms with Crippen molar-refractivity contribution in [1.82, 2.24) is 16.2 Å². The zero-order chi connectivity index (χ0) is 20.5. The Balaban J connectivity index is 1.65. The molecule has 29 heavy (non-hydrogen) atoms. The molecule has 0 aromatic heterocycles. The van der Waals surface area contributed by atoms with Gasteiger partial charge in [-0.25, -0.2) is 10.9 Å². The maximum atomic E-state index is 12.2. The van der Waals surface area contributed by atoms with E-state index in [2.05, 4.69) is 32.1 Å². The van der Waals surface area contributed by atoms with E-state index < -0.39 is 11.9 Å². The smallest absolute Gasteiger partial charge is 0.307 e. The van der Waals surface area contributed by atoms with Crippen LogP contribution in [0, 0.1) is 11.8 Å². The van der Waals surface area contributed by atoms with E-state index in [9.17, 15) is 9.90 Å². The van der Waals surface area contributed by atoms with Crippen molar-refractivity contribution in [2.24, 2.45) is 11.8 Å². The van der Waals surface area contributed by atoms with Gasteiger partial charge in [0.25, 0.3) is 0 Å². The number of rotatable bonds is 5. The zero-order valence-corrected chi connectivity index (χ0v) is 17.8. The molecular weight excluding hydrogens is 438 g/mol. The molecule has 2 aromatic carbocycles. The molecule has 2 saturated heterocycles. The van der Waals surface area contributed by atoms with Crippen molar-refractivity contribution in [1.29, 1.82) is 0 Å². The molecule has 0 aliphatic carbocycles. The van der Waals surface area contributed by atoms with Crippen LogP contribution in [0.4, 0.5) is 0 Å². The molecular formula is C21H24BrN3O4. The van der Waals surface area contributed by atoms with Gasteiger partial charge in [-0.1, -0.05) is 28.1 Å². The molecule has 2 fully saturated rings. The zero-order valence-electron chi connectivity index (χ0n) is 16.2. The summed E-state index contributed by atoms with van der Waals surface area (Å²) < 4.78 is 11.9. The first-order chi connectivity index (χ1) is 14.0. The molecule has 7 nitrogen and oxygen atoms in total.